The number of rotatable bonds is 4. The number of fused-ring (bicyclic) bond motifs is 3. The Morgan fingerprint density at radius 2 is 1.71 bits per heavy atom. The van der Waals surface area contributed by atoms with Gasteiger partial charge in [-0.05, 0) is 49.9 Å². The number of aryl methyl sites for hydroxylation is 1. The van der Waals surface area contributed by atoms with Gasteiger partial charge in [-0.25, -0.2) is 4.98 Å². The first kappa shape index (κ1) is 22.3. The number of nitrogens with zero attached hydrogens (tertiary/aromatic N) is 3. The Hall–Kier alpha value is -4.92. The van der Waals surface area contributed by atoms with Crippen LogP contribution in [0, 0.1) is 0 Å². The van der Waals surface area contributed by atoms with Gasteiger partial charge in [-0.2, -0.15) is 9.78 Å². The summed E-state index contributed by atoms with van der Waals surface area (Å²) in [6.07, 6.45) is 4.95. The minimum atomic E-state index is -0.609. The Balaban J connectivity index is 1.33. The van der Waals surface area contributed by atoms with Crippen molar-refractivity contribution in [2.75, 3.05) is 5.32 Å². The van der Waals surface area contributed by atoms with E-state index in [0.717, 1.165) is 41.6 Å². The number of anilines is 1. The van der Waals surface area contributed by atoms with Crippen molar-refractivity contribution in [2.45, 2.75) is 31.6 Å². The summed E-state index contributed by atoms with van der Waals surface area (Å²) in [7, 11) is 0. The van der Waals surface area contributed by atoms with Crippen molar-refractivity contribution in [1.82, 2.24) is 19.7 Å². The summed E-state index contributed by atoms with van der Waals surface area (Å²) in [5.74, 6) is 1.54. The summed E-state index contributed by atoms with van der Waals surface area (Å²) in [6, 6.07) is 20.3. The van der Waals surface area contributed by atoms with Crippen LogP contribution in [0.5, 0.6) is 11.5 Å². The van der Waals surface area contributed by atoms with Crippen LogP contribution in [-0.4, -0.2) is 25.7 Å². The van der Waals surface area contributed by atoms with Gasteiger partial charge in [-0.15, -0.1) is 0 Å². The molecular weight excluding hydrogens is 482 g/mol. The van der Waals surface area contributed by atoms with Crippen LogP contribution >= 0.6 is 0 Å². The van der Waals surface area contributed by atoms with E-state index in [0.29, 0.717) is 35.2 Å². The minimum absolute atomic E-state index is 0.177. The number of para-hydroxylation sites is 2. The van der Waals surface area contributed by atoms with Crippen LogP contribution in [0.15, 0.2) is 82.2 Å². The first-order valence-corrected chi connectivity index (χ1v) is 12.6. The van der Waals surface area contributed by atoms with Gasteiger partial charge in [0, 0.05) is 22.8 Å². The van der Waals surface area contributed by atoms with Crippen molar-refractivity contribution < 1.29 is 13.9 Å². The van der Waals surface area contributed by atoms with Gasteiger partial charge in [-0.1, -0.05) is 36.4 Å². The predicted octanol–water partition coefficient (Wildman–Crippen LogP) is 4.97. The molecule has 2 N–H and O–H groups in total. The molecule has 2 aliphatic rings. The quantitative estimate of drug-likeness (QED) is 0.356. The predicted molar refractivity (Wildman–Crippen MR) is 140 cm³/mol. The van der Waals surface area contributed by atoms with Gasteiger partial charge in [0.25, 0.3) is 5.56 Å². The molecule has 0 bridgehead atoms. The fraction of sp³-hybridized carbons (Fsp3) is 0.172. The highest BCUT2D eigenvalue weighted by Crippen LogP contribution is 2.44. The molecule has 3 aromatic heterocycles. The van der Waals surface area contributed by atoms with Crippen molar-refractivity contribution in [2.24, 2.45) is 0 Å². The molecule has 4 heterocycles. The van der Waals surface area contributed by atoms with Crippen LogP contribution in [-0.2, 0) is 17.6 Å². The van der Waals surface area contributed by atoms with Crippen molar-refractivity contribution in [1.29, 1.82) is 0 Å². The molecule has 1 amide bonds. The monoisotopic (exact) mass is 505 g/mol. The number of nitrogens with one attached hydrogen (secondary N) is 2. The van der Waals surface area contributed by atoms with E-state index in [9.17, 15) is 9.59 Å². The largest absolute Gasteiger partial charge is 0.463 e. The van der Waals surface area contributed by atoms with E-state index < -0.39 is 5.92 Å². The number of aromatic nitrogens is 4. The molecule has 0 spiro atoms. The highest BCUT2D eigenvalue weighted by atomic mass is 16.5. The van der Waals surface area contributed by atoms with Gasteiger partial charge >= 0.3 is 0 Å². The average Bonchev–Trinajstić information content (AvgIpc) is 3.62. The summed E-state index contributed by atoms with van der Waals surface area (Å²) in [6.45, 7) is 0. The highest BCUT2D eigenvalue weighted by molar-refractivity contribution is 5.99. The molecule has 7 rings (SSSR count). The Morgan fingerprint density at radius 3 is 2.45 bits per heavy atom. The van der Waals surface area contributed by atoms with Crippen LogP contribution in [0.3, 0.4) is 0 Å². The summed E-state index contributed by atoms with van der Waals surface area (Å²) < 4.78 is 13.1. The molecule has 0 saturated carbocycles. The second-order valence-electron chi connectivity index (χ2n) is 9.43. The maximum atomic E-state index is 13.9. The van der Waals surface area contributed by atoms with Crippen molar-refractivity contribution in [3.63, 3.8) is 0 Å². The molecule has 9 nitrogen and oxygen atoms in total. The smallest absolute Gasteiger partial charge is 0.255 e. The maximum absolute atomic E-state index is 13.9. The number of amides is 1. The highest BCUT2D eigenvalue weighted by Gasteiger charge is 2.33. The lowest BCUT2D eigenvalue weighted by Gasteiger charge is -2.27. The first-order valence-electron chi connectivity index (χ1n) is 12.6. The van der Waals surface area contributed by atoms with Gasteiger partial charge in [0.2, 0.25) is 11.9 Å². The Morgan fingerprint density at radius 1 is 0.974 bits per heavy atom. The van der Waals surface area contributed by atoms with E-state index in [-0.39, 0.29) is 17.4 Å². The molecule has 0 saturated heterocycles. The summed E-state index contributed by atoms with van der Waals surface area (Å²) in [5.41, 5.74) is 3.35. The van der Waals surface area contributed by atoms with E-state index in [2.05, 4.69) is 15.4 Å². The lowest BCUT2D eigenvalue weighted by Crippen LogP contribution is -2.27. The maximum Gasteiger partial charge on any atom is 0.255 e. The molecule has 1 aliphatic carbocycles. The molecule has 1 aliphatic heterocycles. The average molecular weight is 506 g/mol. The summed E-state index contributed by atoms with van der Waals surface area (Å²) >= 11 is 0. The number of ether oxygens (including phenoxy) is 1. The summed E-state index contributed by atoms with van der Waals surface area (Å²) in [5, 5.41) is 7.70. The third kappa shape index (κ3) is 3.71. The zero-order valence-electron chi connectivity index (χ0n) is 20.3. The standard InChI is InChI=1S/C29H23N5O4/c35-27-17-8-1-4-11-20(17)30-29(32-27)34-25(16-21(33-34)24-14-7-15-37-24)31-28(36)26-18-9-2-5-12-22(18)38-23-13-6-3-10-19(23)26/h2-3,5-7,9-10,12-16,26H,1,4,8,11H2,(H,31,36)(H,30,32,35). The van der Waals surface area contributed by atoms with E-state index in [1.807, 2.05) is 48.5 Å². The number of hydrogen-bond acceptors (Lipinski definition) is 6. The zero-order chi connectivity index (χ0) is 25.6. The topological polar surface area (TPSA) is 115 Å². The number of carbonyl (C=O) groups excluding carboxylic acids is 1. The SMILES string of the molecule is O=C(Nc1cc(-c2ccco2)nn1-c1nc2c(c(=O)[nH]1)CCCC2)C1c2ccccc2Oc2ccccc21. The molecule has 0 atom stereocenters. The third-order valence-corrected chi connectivity index (χ3v) is 7.06. The van der Waals surface area contributed by atoms with Crippen LogP contribution in [0.25, 0.3) is 17.4 Å². The minimum Gasteiger partial charge on any atom is -0.463 e. The van der Waals surface area contributed by atoms with Crippen LogP contribution < -0.4 is 15.6 Å². The Kier molecular flexibility index (Phi) is 5.21. The molecule has 188 valence electrons. The Labute approximate surface area is 217 Å². The fourth-order valence-electron chi connectivity index (χ4n) is 5.26. The van der Waals surface area contributed by atoms with E-state index in [4.69, 9.17) is 14.1 Å². The third-order valence-electron chi connectivity index (χ3n) is 7.06. The van der Waals surface area contributed by atoms with Gasteiger partial charge in [-0.3, -0.25) is 14.6 Å². The Bertz CT molecular complexity index is 1690. The van der Waals surface area contributed by atoms with E-state index in [1.165, 1.54) is 4.68 Å². The second-order valence-corrected chi connectivity index (χ2v) is 9.43. The van der Waals surface area contributed by atoms with E-state index in [1.54, 1.807) is 24.5 Å². The van der Waals surface area contributed by atoms with Gasteiger partial charge in [0.05, 0.1) is 17.9 Å². The normalized spacial score (nSPS) is 14.2. The second kappa shape index (κ2) is 8.88. The molecule has 9 heteroatoms. The first-order chi connectivity index (χ1) is 18.7. The van der Waals surface area contributed by atoms with E-state index >= 15 is 0 Å². The molecule has 5 aromatic rings. The molecule has 2 aromatic carbocycles. The number of aromatic amines is 1. The molecule has 38 heavy (non-hydrogen) atoms. The molecular formula is C29H23N5O4. The molecule has 0 unspecified atom stereocenters. The van der Waals surface area contributed by atoms with Gasteiger partial charge < -0.3 is 14.5 Å². The number of hydrogen-bond donors (Lipinski definition) is 2. The number of H-pyrrole nitrogens is 1. The van der Waals surface area contributed by atoms with Crippen LogP contribution in [0.4, 0.5) is 5.82 Å². The number of furan rings is 1. The zero-order valence-corrected chi connectivity index (χ0v) is 20.3. The van der Waals surface area contributed by atoms with Crippen molar-refractivity contribution >= 4 is 11.7 Å². The van der Waals surface area contributed by atoms with Gasteiger partial charge in [0.15, 0.2) is 5.76 Å². The summed E-state index contributed by atoms with van der Waals surface area (Å²) in [4.78, 5) is 34.4. The lowest BCUT2D eigenvalue weighted by molar-refractivity contribution is -0.116. The van der Waals surface area contributed by atoms with Crippen molar-refractivity contribution in [3.8, 4) is 28.9 Å². The molecule has 0 radical (unpaired) electrons. The molecule has 0 fully saturated rings. The van der Waals surface area contributed by atoms with Crippen molar-refractivity contribution in [3.05, 3.63) is 106 Å². The number of benzene rings is 2. The lowest BCUT2D eigenvalue weighted by atomic mass is 9.87. The van der Waals surface area contributed by atoms with Crippen LogP contribution in [0.1, 0.15) is 41.1 Å². The fourth-order valence-corrected chi connectivity index (χ4v) is 5.26. The number of carbonyl (C=O) groups is 1. The van der Waals surface area contributed by atoms with Gasteiger partial charge in [0.1, 0.15) is 23.0 Å². The van der Waals surface area contributed by atoms with Crippen LogP contribution in [0.2, 0.25) is 0 Å².